The van der Waals surface area contributed by atoms with Crippen molar-refractivity contribution >= 4 is 17.7 Å². The summed E-state index contributed by atoms with van der Waals surface area (Å²) >= 11 is 0. The van der Waals surface area contributed by atoms with Crippen molar-refractivity contribution in [3.63, 3.8) is 0 Å². The van der Waals surface area contributed by atoms with E-state index >= 15 is 0 Å². The molecule has 30 heavy (non-hydrogen) atoms. The first-order chi connectivity index (χ1) is 14.5. The molecule has 7 nitrogen and oxygen atoms in total. The van der Waals surface area contributed by atoms with Crippen molar-refractivity contribution < 1.29 is 14.4 Å². The summed E-state index contributed by atoms with van der Waals surface area (Å²) in [6, 6.07) is 12.0. The van der Waals surface area contributed by atoms with E-state index in [2.05, 4.69) is 29.7 Å². The van der Waals surface area contributed by atoms with Crippen LogP contribution in [0, 0.1) is 6.92 Å². The highest BCUT2D eigenvalue weighted by Gasteiger charge is 2.34. The maximum absolute atomic E-state index is 13.3. The van der Waals surface area contributed by atoms with Gasteiger partial charge in [-0.3, -0.25) is 14.4 Å². The minimum atomic E-state index is -0.190. The first-order valence-corrected chi connectivity index (χ1v) is 10.5. The second-order valence-corrected chi connectivity index (χ2v) is 8.04. The highest BCUT2D eigenvalue weighted by Crippen LogP contribution is 2.34. The van der Waals surface area contributed by atoms with E-state index in [1.54, 1.807) is 16.7 Å². The van der Waals surface area contributed by atoms with Crippen molar-refractivity contribution in [3.8, 4) is 0 Å². The van der Waals surface area contributed by atoms with Crippen LogP contribution in [0.25, 0.3) is 0 Å². The monoisotopic (exact) mass is 408 g/mol. The maximum Gasteiger partial charge on any atom is 0.232 e. The van der Waals surface area contributed by atoms with Gasteiger partial charge in [0.1, 0.15) is 6.42 Å². The number of hydrogen-bond donors (Lipinski definition) is 0. The molecule has 0 bridgehead atoms. The standard InChI is InChI=1S/C23H28N4O3/c1-17-6-3-4-7-19(17)23-20-8-5-9-25(20)14-15-27(23)22(30)16-21(29)26-12-10-24(11-13-26)18(2)28/h3-9,23H,10-16H2,1-2H3/t23-/m1/s1. The molecule has 1 atom stereocenters. The maximum atomic E-state index is 13.3. The third kappa shape index (κ3) is 3.84. The van der Waals surface area contributed by atoms with Gasteiger partial charge in [0.25, 0.3) is 0 Å². The molecule has 0 saturated carbocycles. The Hall–Kier alpha value is -3.09. The summed E-state index contributed by atoms with van der Waals surface area (Å²) in [5.41, 5.74) is 3.29. The number of fused-ring (bicyclic) bond motifs is 1. The number of amides is 3. The van der Waals surface area contributed by atoms with Gasteiger partial charge in [-0.05, 0) is 30.2 Å². The van der Waals surface area contributed by atoms with Gasteiger partial charge in [0, 0.05) is 58.1 Å². The highest BCUT2D eigenvalue weighted by atomic mass is 16.2. The van der Waals surface area contributed by atoms with Gasteiger partial charge in [0.05, 0.1) is 6.04 Å². The van der Waals surface area contributed by atoms with Crippen molar-refractivity contribution in [2.24, 2.45) is 0 Å². The van der Waals surface area contributed by atoms with Crippen LogP contribution >= 0.6 is 0 Å². The molecule has 0 aliphatic carbocycles. The van der Waals surface area contributed by atoms with Gasteiger partial charge >= 0.3 is 0 Å². The predicted molar refractivity (Wildman–Crippen MR) is 113 cm³/mol. The number of carbonyl (C=O) groups is 3. The lowest BCUT2D eigenvalue weighted by Gasteiger charge is -2.39. The second kappa shape index (κ2) is 8.34. The van der Waals surface area contributed by atoms with Crippen LogP contribution in [0.5, 0.6) is 0 Å². The van der Waals surface area contributed by atoms with Crippen molar-refractivity contribution in [2.45, 2.75) is 32.9 Å². The summed E-state index contributed by atoms with van der Waals surface area (Å²) in [5.74, 6) is -0.280. The fraction of sp³-hybridized carbons (Fsp3) is 0.435. The van der Waals surface area contributed by atoms with Crippen molar-refractivity contribution in [1.82, 2.24) is 19.3 Å². The first-order valence-electron chi connectivity index (χ1n) is 10.5. The smallest absolute Gasteiger partial charge is 0.232 e. The number of hydrogen-bond acceptors (Lipinski definition) is 3. The van der Waals surface area contributed by atoms with Gasteiger partial charge in [0.15, 0.2) is 0 Å². The molecular formula is C23H28N4O3. The normalized spacial score (nSPS) is 18.9. The van der Waals surface area contributed by atoms with E-state index in [1.165, 1.54) is 0 Å². The van der Waals surface area contributed by atoms with Crippen LogP contribution in [0.2, 0.25) is 0 Å². The van der Waals surface area contributed by atoms with E-state index < -0.39 is 0 Å². The third-order valence-corrected chi connectivity index (χ3v) is 6.22. The molecule has 7 heteroatoms. The fourth-order valence-corrected chi connectivity index (χ4v) is 4.49. The molecule has 2 aromatic rings. The van der Waals surface area contributed by atoms with Crippen LogP contribution in [0.3, 0.4) is 0 Å². The van der Waals surface area contributed by atoms with Gasteiger partial charge in [0.2, 0.25) is 17.7 Å². The molecule has 2 aliphatic rings. The Balaban J connectivity index is 1.51. The molecule has 4 rings (SSSR count). The Morgan fingerprint density at radius 2 is 1.57 bits per heavy atom. The fourth-order valence-electron chi connectivity index (χ4n) is 4.49. The quantitative estimate of drug-likeness (QED) is 0.728. The number of carbonyl (C=O) groups excluding carboxylic acids is 3. The Morgan fingerprint density at radius 3 is 2.27 bits per heavy atom. The summed E-state index contributed by atoms with van der Waals surface area (Å²) < 4.78 is 2.18. The Morgan fingerprint density at radius 1 is 0.867 bits per heavy atom. The molecule has 0 N–H and O–H groups in total. The van der Waals surface area contributed by atoms with Crippen LogP contribution in [-0.2, 0) is 20.9 Å². The molecule has 3 heterocycles. The number of aromatic nitrogens is 1. The summed E-state index contributed by atoms with van der Waals surface area (Å²) in [6.07, 6.45) is 1.91. The molecule has 0 spiro atoms. The Bertz CT molecular complexity index is 959. The van der Waals surface area contributed by atoms with Crippen LogP contribution in [-0.4, -0.2) is 69.7 Å². The van der Waals surface area contributed by atoms with E-state index in [0.717, 1.165) is 23.4 Å². The Labute approximate surface area is 176 Å². The Kier molecular flexibility index (Phi) is 5.61. The number of benzene rings is 1. The number of rotatable bonds is 3. The van der Waals surface area contributed by atoms with Gasteiger partial charge < -0.3 is 19.3 Å². The lowest BCUT2D eigenvalue weighted by molar-refractivity contribution is -0.145. The molecule has 1 aromatic heterocycles. The minimum Gasteiger partial charge on any atom is -0.348 e. The van der Waals surface area contributed by atoms with Crippen LogP contribution in [0.15, 0.2) is 42.6 Å². The first kappa shape index (κ1) is 20.2. The van der Waals surface area contributed by atoms with E-state index in [1.807, 2.05) is 29.3 Å². The summed E-state index contributed by atoms with van der Waals surface area (Å²) in [4.78, 5) is 42.8. The summed E-state index contributed by atoms with van der Waals surface area (Å²) in [5, 5.41) is 0. The SMILES string of the molecule is CC(=O)N1CCN(C(=O)CC(=O)N2CCn3cccc3[C@H]2c2ccccc2C)CC1. The van der Waals surface area contributed by atoms with E-state index in [4.69, 9.17) is 0 Å². The van der Waals surface area contributed by atoms with E-state index in [-0.39, 0.29) is 30.2 Å². The van der Waals surface area contributed by atoms with Crippen LogP contribution in [0.4, 0.5) is 0 Å². The number of aryl methyl sites for hydroxylation is 1. The largest absolute Gasteiger partial charge is 0.348 e. The van der Waals surface area contributed by atoms with Gasteiger partial charge in [-0.1, -0.05) is 24.3 Å². The molecule has 1 saturated heterocycles. The minimum absolute atomic E-state index is 0.0237. The zero-order valence-electron chi connectivity index (χ0n) is 17.6. The molecule has 0 unspecified atom stereocenters. The molecule has 0 radical (unpaired) electrons. The van der Waals surface area contributed by atoms with Crippen molar-refractivity contribution in [1.29, 1.82) is 0 Å². The van der Waals surface area contributed by atoms with Crippen LogP contribution in [0.1, 0.15) is 36.2 Å². The van der Waals surface area contributed by atoms with Gasteiger partial charge in [-0.2, -0.15) is 0 Å². The average Bonchev–Trinajstić information content (AvgIpc) is 3.22. The number of nitrogens with zero attached hydrogens (tertiary/aromatic N) is 4. The summed E-state index contributed by atoms with van der Waals surface area (Å²) in [6.45, 7) is 6.91. The highest BCUT2D eigenvalue weighted by molar-refractivity contribution is 5.97. The lowest BCUT2D eigenvalue weighted by Crippen LogP contribution is -2.51. The van der Waals surface area contributed by atoms with Crippen molar-refractivity contribution in [3.05, 3.63) is 59.4 Å². The number of piperazine rings is 1. The topological polar surface area (TPSA) is 65.9 Å². The average molecular weight is 409 g/mol. The molecule has 158 valence electrons. The molecule has 1 fully saturated rings. The zero-order valence-corrected chi connectivity index (χ0v) is 17.6. The zero-order chi connectivity index (χ0) is 21.3. The molecular weight excluding hydrogens is 380 g/mol. The van der Waals surface area contributed by atoms with E-state index in [0.29, 0.717) is 32.7 Å². The molecule has 1 aromatic carbocycles. The van der Waals surface area contributed by atoms with E-state index in [9.17, 15) is 14.4 Å². The summed E-state index contributed by atoms with van der Waals surface area (Å²) in [7, 11) is 0. The predicted octanol–water partition coefficient (Wildman–Crippen LogP) is 1.81. The third-order valence-electron chi connectivity index (χ3n) is 6.22. The van der Waals surface area contributed by atoms with Gasteiger partial charge in [-0.15, -0.1) is 0 Å². The van der Waals surface area contributed by atoms with Crippen LogP contribution < -0.4 is 0 Å². The lowest BCUT2D eigenvalue weighted by atomic mass is 9.95. The van der Waals surface area contributed by atoms with Gasteiger partial charge in [-0.25, -0.2) is 0 Å². The molecule has 2 aliphatic heterocycles. The van der Waals surface area contributed by atoms with Crippen molar-refractivity contribution in [2.75, 3.05) is 32.7 Å². The second-order valence-electron chi connectivity index (χ2n) is 8.04. The molecule has 3 amide bonds.